The molecule has 1 aromatic carbocycles. The molecule has 2 N–H and O–H groups in total. The molecule has 0 spiro atoms. The third-order valence-electron chi connectivity index (χ3n) is 4.18. The van der Waals surface area contributed by atoms with Gasteiger partial charge in [0.15, 0.2) is 0 Å². The Morgan fingerprint density at radius 1 is 1.15 bits per heavy atom. The highest BCUT2D eigenvalue weighted by Crippen LogP contribution is 2.32. The van der Waals surface area contributed by atoms with Crippen molar-refractivity contribution in [3.63, 3.8) is 0 Å². The van der Waals surface area contributed by atoms with E-state index in [9.17, 15) is 22.8 Å². The summed E-state index contributed by atoms with van der Waals surface area (Å²) in [5.41, 5.74) is -1.01. The van der Waals surface area contributed by atoms with Crippen molar-refractivity contribution in [2.75, 3.05) is 13.7 Å². The monoisotopic (exact) mass is 388 g/mol. The van der Waals surface area contributed by atoms with Crippen LogP contribution in [0.3, 0.4) is 0 Å². The third kappa shape index (κ3) is 7.11. The number of benzene rings is 1. The van der Waals surface area contributed by atoms with E-state index < -0.39 is 35.2 Å². The summed E-state index contributed by atoms with van der Waals surface area (Å²) < 4.78 is 43.3. The first-order valence-corrected chi connectivity index (χ1v) is 8.66. The minimum atomic E-state index is -4.43. The zero-order valence-corrected chi connectivity index (χ0v) is 16.2. The first kappa shape index (κ1) is 22.8. The Bertz CT molecular complexity index is 658. The van der Waals surface area contributed by atoms with Crippen LogP contribution in [0.1, 0.15) is 45.2 Å². The van der Waals surface area contributed by atoms with Gasteiger partial charge in [0.1, 0.15) is 6.04 Å². The van der Waals surface area contributed by atoms with Gasteiger partial charge >= 0.3 is 12.3 Å². The van der Waals surface area contributed by atoms with E-state index in [2.05, 4.69) is 15.4 Å². The number of alkyl halides is 3. The molecular weight excluding hydrogens is 361 g/mol. The number of halogens is 3. The number of hydrogen-bond donors (Lipinski definition) is 2. The second kappa shape index (κ2) is 9.10. The maximum Gasteiger partial charge on any atom is 0.416 e. The number of amides is 2. The summed E-state index contributed by atoms with van der Waals surface area (Å²) in [7, 11) is 1.20. The van der Waals surface area contributed by atoms with Gasteiger partial charge in [0.2, 0.25) is 5.91 Å². The van der Waals surface area contributed by atoms with Crippen LogP contribution in [-0.2, 0) is 21.1 Å². The number of nitrogens with one attached hydrogen (secondary N) is 2. The Labute approximate surface area is 157 Å². The van der Waals surface area contributed by atoms with E-state index in [4.69, 9.17) is 0 Å². The molecule has 0 heterocycles. The maximum atomic E-state index is 12.9. The predicted octanol–water partition coefficient (Wildman–Crippen LogP) is 3.87. The van der Waals surface area contributed by atoms with E-state index in [-0.39, 0.29) is 12.5 Å². The van der Waals surface area contributed by atoms with E-state index in [1.807, 2.05) is 13.8 Å². The topological polar surface area (TPSA) is 67.4 Å². The quantitative estimate of drug-likeness (QED) is 0.745. The molecule has 2 amide bonds. The van der Waals surface area contributed by atoms with Gasteiger partial charge in [-0.15, -0.1) is 0 Å². The highest BCUT2D eigenvalue weighted by atomic mass is 19.4. The Morgan fingerprint density at radius 3 is 2.26 bits per heavy atom. The molecule has 1 atom stereocenters. The molecule has 0 aliphatic heterocycles. The summed E-state index contributed by atoms with van der Waals surface area (Å²) in [6.07, 6.45) is -4.74. The van der Waals surface area contributed by atoms with Crippen LogP contribution in [0.15, 0.2) is 24.3 Å². The molecule has 0 aliphatic rings. The molecule has 0 aliphatic carbocycles. The van der Waals surface area contributed by atoms with Gasteiger partial charge in [-0.25, -0.2) is 4.79 Å². The molecule has 27 heavy (non-hydrogen) atoms. The zero-order valence-electron chi connectivity index (χ0n) is 16.2. The van der Waals surface area contributed by atoms with Gasteiger partial charge in [0.05, 0.1) is 12.7 Å². The summed E-state index contributed by atoms with van der Waals surface area (Å²) in [6.45, 7) is 7.42. The minimum Gasteiger partial charge on any atom is -0.453 e. The average molecular weight is 388 g/mol. The highest BCUT2D eigenvalue weighted by molar-refractivity contribution is 5.85. The smallest absolute Gasteiger partial charge is 0.416 e. The lowest BCUT2D eigenvalue weighted by molar-refractivity contribution is -0.137. The fourth-order valence-electron chi connectivity index (χ4n) is 2.55. The Kier molecular flexibility index (Phi) is 7.68. The number of rotatable bonds is 7. The molecule has 0 saturated carbocycles. The molecule has 8 heteroatoms. The van der Waals surface area contributed by atoms with Gasteiger partial charge in [-0.1, -0.05) is 45.9 Å². The van der Waals surface area contributed by atoms with Crippen LogP contribution in [0.2, 0.25) is 0 Å². The Hall–Kier alpha value is -2.25. The average Bonchev–Trinajstić information content (AvgIpc) is 2.58. The van der Waals surface area contributed by atoms with Gasteiger partial charge in [-0.2, -0.15) is 13.2 Å². The number of alkyl carbamates (subject to hydrolysis) is 1. The molecule has 0 saturated heterocycles. The Balaban J connectivity index is 2.86. The van der Waals surface area contributed by atoms with E-state index in [0.717, 1.165) is 12.1 Å². The molecule has 0 bridgehead atoms. The molecule has 152 valence electrons. The molecule has 0 aromatic heterocycles. The molecule has 0 fully saturated rings. The number of hydrogen-bond acceptors (Lipinski definition) is 3. The van der Waals surface area contributed by atoms with Crippen LogP contribution < -0.4 is 10.6 Å². The fourth-order valence-corrected chi connectivity index (χ4v) is 2.55. The van der Waals surface area contributed by atoms with Crippen molar-refractivity contribution in [3.05, 3.63) is 35.4 Å². The van der Waals surface area contributed by atoms with Crippen LogP contribution in [0, 0.1) is 5.92 Å². The summed E-state index contributed by atoms with van der Waals surface area (Å²) in [6, 6.07) is 4.26. The van der Waals surface area contributed by atoms with E-state index in [0.29, 0.717) is 12.0 Å². The molecule has 0 radical (unpaired) electrons. The predicted molar refractivity (Wildman–Crippen MR) is 96.3 cm³/mol. The number of carbonyl (C=O) groups is 2. The van der Waals surface area contributed by atoms with Crippen molar-refractivity contribution >= 4 is 12.0 Å². The van der Waals surface area contributed by atoms with Gasteiger partial charge in [0, 0.05) is 12.0 Å². The van der Waals surface area contributed by atoms with Crippen LogP contribution >= 0.6 is 0 Å². The first-order valence-electron chi connectivity index (χ1n) is 8.66. The Morgan fingerprint density at radius 2 is 1.74 bits per heavy atom. The fraction of sp³-hybridized carbons (Fsp3) is 0.579. The standard InChI is InChI=1S/C19H27F3N2O3/c1-12(2)9-15(24-17(26)27-5)16(25)23-11-18(3,4)13-7-6-8-14(10-13)19(20,21)22/h6-8,10,12,15H,9,11H2,1-5H3,(H,23,25)(H,24,26). The third-order valence-corrected chi connectivity index (χ3v) is 4.18. The molecular formula is C19H27F3N2O3. The lowest BCUT2D eigenvalue weighted by atomic mass is 9.83. The van der Waals surface area contributed by atoms with Crippen molar-refractivity contribution in [2.24, 2.45) is 5.92 Å². The van der Waals surface area contributed by atoms with Gasteiger partial charge in [-0.3, -0.25) is 4.79 Å². The second-order valence-corrected chi connectivity index (χ2v) is 7.50. The van der Waals surface area contributed by atoms with Crippen LogP contribution in [0.25, 0.3) is 0 Å². The van der Waals surface area contributed by atoms with E-state index in [1.165, 1.54) is 13.2 Å². The van der Waals surface area contributed by atoms with Gasteiger partial charge < -0.3 is 15.4 Å². The van der Waals surface area contributed by atoms with Crippen LogP contribution in [-0.4, -0.2) is 31.7 Å². The van der Waals surface area contributed by atoms with Gasteiger partial charge in [-0.05, 0) is 24.0 Å². The lowest BCUT2D eigenvalue weighted by Gasteiger charge is -2.28. The summed E-state index contributed by atoms with van der Waals surface area (Å²) in [4.78, 5) is 23.9. The highest BCUT2D eigenvalue weighted by Gasteiger charge is 2.32. The van der Waals surface area contributed by atoms with Crippen LogP contribution in [0.4, 0.5) is 18.0 Å². The van der Waals surface area contributed by atoms with Crippen molar-refractivity contribution in [2.45, 2.75) is 51.7 Å². The van der Waals surface area contributed by atoms with Crippen molar-refractivity contribution < 1.29 is 27.5 Å². The van der Waals surface area contributed by atoms with Crippen molar-refractivity contribution in [3.8, 4) is 0 Å². The van der Waals surface area contributed by atoms with E-state index >= 15 is 0 Å². The molecule has 5 nitrogen and oxygen atoms in total. The largest absolute Gasteiger partial charge is 0.453 e. The zero-order chi connectivity index (χ0) is 20.8. The summed E-state index contributed by atoms with van der Waals surface area (Å²) in [5, 5.41) is 5.20. The summed E-state index contributed by atoms with van der Waals surface area (Å²) in [5.74, 6) is -0.261. The summed E-state index contributed by atoms with van der Waals surface area (Å²) >= 11 is 0. The molecule has 1 rings (SSSR count). The molecule has 1 aromatic rings. The van der Waals surface area contributed by atoms with Crippen LogP contribution in [0.5, 0.6) is 0 Å². The van der Waals surface area contributed by atoms with Crippen molar-refractivity contribution in [1.82, 2.24) is 10.6 Å². The molecule has 1 unspecified atom stereocenters. The van der Waals surface area contributed by atoms with E-state index in [1.54, 1.807) is 19.9 Å². The maximum absolute atomic E-state index is 12.9. The second-order valence-electron chi connectivity index (χ2n) is 7.50. The minimum absolute atomic E-state index is 0.116. The number of carbonyl (C=O) groups excluding carboxylic acids is 2. The normalized spacial score (nSPS) is 13.2. The number of methoxy groups -OCH3 is 1. The first-order chi connectivity index (χ1) is 12.4. The van der Waals surface area contributed by atoms with Crippen molar-refractivity contribution in [1.29, 1.82) is 0 Å². The SMILES string of the molecule is COC(=O)NC(CC(C)C)C(=O)NCC(C)(C)c1cccc(C(F)(F)F)c1. The lowest BCUT2D eigenvalue weighted by Crippen LogP contribution is -2.49. The number of ether oxygens (including phenoxy) is 1. The van der Waals surface area contributed by atoms with Gasteiger partial charge in [0.25, 0.3) is 0 Å².